The van der Waals surface area contributed by atoms with Crippen LogP contribution in [0.15, 0.2) is 28.3 Å². The number of benzene rings is 1. The maximum absolute atomic E-state index is 8.96. The van der Waals surface area contributed by atoms with Gasteiger partial charge in [-0.1, -0.05) is 11.6 Å². The highest BCUT2D eigenvalue weighted by molar-refractivity contribution is 7.99. The summed E-state index contributed by atoms with van der Waals surface area (Å²) >= 11 is 7.13. The molecule has 0 aliphatic rings. The van der Waals surface area contributed by atoms with E-state index in [1.807, 2.05) is 0 Å². The first kappa shape index (κ1) is 10.9. The third kappa shape index (κ3) is 2.15. The fraction of sp³-hybridized carbons (Fsp3) is 0.111. The number of halogens is 1. The standard InChI is InChI=1S/C9H6ClN5S/c1-15-9(12-13-14-15)16-8-3-2-7(10)4-6(8)5-11/h2-4H,1H3. The van der Waals surface area contributed by atoms with Gasteiger partial charge in [-0.15, -0.1) is 5.10 Å². The van der Waals surface area contributed by atoms with E-state index in [2.05, 4.69) is 21.6 Å². The van der Waals surface area contributed by atoms with Gasteiger partial charge in [-0.3, -0.25) is 0 Å². The Balaban J connectivity index is 2.36. The summed E-state index contributed by atoms with van der Waals surface area (Å²) in [5.41, 5.74) is 0.514. The summed E-state index contributed by atoms with van der Waals surface area (Å²) < 4.78 is 1.54. The van der Waals surface area contributed by atoms with Gasteiger partial charge >= 0.3 is 0 Å². The van der Waals surface area contributed by atoms with Crippen LogP contribution in [0.5, 0.6) is 0 Å². The van der Waals surface area contributed by atoms with Crippen LogP contribution in [0.2, 0.25) is 5.02 Å². The second kappa shape index (κ2) is 4.51. The summed E-state index contributed by atoms with van der Waals surface area (Å²) in [6.45, 7) is 0. The number of rotatable bonds is 2. The number of hydrogen-bond acceptors (Lipinski definition) is 5. The lowest BCUT2D eigenvalue weighted by Crippen LogP contribution is -1.93. The summed E-state index contributed by atoms with van der Waals surface area (Å²) in [6, 6.07) is 7.21. The van der Waals surface area contributed by atoms with Gasteiger partial charge < -0.3 is 0 Å². The molecule has 0 fully saturated rings. The zero-order chi connectivity index (χ0) is 11.5. The van der Waals surface area contributed by atoms with E-state index in [9.17, 15) is 0 Å². The van der Waals surface area contributed by atoms with Gasteiger partial charge in [0, 0.05) is 17.0 Å². The lowest BCUT2D eigenvalue weighted by atomic mass is 10.2. The zero-order valence-corrected chi connectivity index (χ0v) is 9.83. The van der Waals surface area contributed by atoms with Crippen molar-refractivity contribution < 1.29 is 0 Å². The summed E-state index contributed by atoms with van der Waals surface area (Å²) in [6.07, 6.45) is 0. The molecule has 0 bridgehead atoms. The van der Waals surface area contributed by atoms with E-state index in [4.69, 9.17) is 16.9 Å². The van der Waals surface area contributed by atoms with Gasteiger partial charge in [-0.25, -0.2) is 4.68 Å². The van der Waals surface area contributed by atoms with Crippen molar-refractivity contribution in [1.82, 2.24) is 20.2 Å². The molecule has 0 radical (unpaired) electrons. The van der Waals surface area contributed by atoms with Crippen molar-refractivity contribution in [2.45, 2.75) is 10.1 Å². The number of aromatic nitrogens is 4. The van der Waals surface area contributed by atoms with Crippen molar-refractivity contribution in [2.75, 3.05) is 0 Å². The Morgan fingerprint density at radius 1 is 1.50 bits per heavy atom. The van der Waals surface area contributed by atoms with Crippen LogP contribution in [0.25, 0.3) is 0 Å². The van der Waals surface area contributed by atoms with Gasteiger partial charge in [0.25, 0.3) is 0 Å². The molecule has 0 amide bonds. The van der Waals surface area contributed by atoms with Gasteiger partial charge in [0.05, 0.1) is 5.56 Å². The maximum Gasteiger partial charge on any atom is 0.213 e. The van der Waals surface area contributed by atoms with Gasteiger partial charge in [0.15, 0.2) is 0 Å². The van der Waals surface area contributed by atoms with Crippen LogP contribution < -0.4 is 0 Å². The van der Waals surface area contributed by atoms with E-state index < -0.39 is 0 Å². The molecule has 0 N–H and O–H groups in total. The minimum absolute atomic E-state index is 0.514. The van der Waals surface area contributed by atoms with Crippen LogP contribution in [0.3, 0.4) is 0 Å². The Bertz CT molecular complexity index is 559. The molecule has 5 nitrogen and oxygen atoms in total. The number of nitrogens with zero attached hydrogens (tertiary/aromatic N) is 5. The van der Waals surface area contributed by atoms with Gasteiger partial charge in [0.1, 0.15) is 6.07 Å². The smallest absolute Gasteiger partial charge is 0.213 e. The highest BCUT2D eigenvalue weighted by Crippen LogP contribution is 2.29. The summed E-state index contributed by atoms with van der Waals surface area (Å²) in [4.78, 5) is 0.782. The molecule has 0 aliphatic heterocycles. The zero-order valence-electron chi connectivity index (χ0n) is 8.25. The average Bonchev–Trinajstić information content (AvgIpc) is 2.67. The van der Waals surface area contributed by atoms with Gasteiger partial charge in [0.2, 0.25) is 5.16 Å². The SMILES string of the molecule is Cn1nnnc1Sc1ccc(Cl)cc1C#N. The third-order valence-corrected chi connectivity index (χ3v) is 3.18. The molecule has 2 rings (SSSR count). The Kier molecular flexibility index (Phi) is 3.08. The number of aryl methyl sites for hydroxylation is 1. The van der Waals surface area contributed by atoms with Crippen LogP contribution in [-0.2, 0) is 7.05 Å². The van der Waals surface area contributed by atoms with E-state index in [1.165, 1.54) is 11.8 Å². The number of hydrogen-bond donors (Lipinski definition) is 0. The molecular weight excluding hydrogens is 246 g/mol. The first-order chi connectivity index (χ1) is 7.70. The molecule has 0 unspecified atom stereocenters. The molecule has 0 aliphatic carbocycles. The monoisotopic (exact) mass is 251 g/mol. The molecule has 7 heteroatoms. The van der Waals surface area contributed by atoms with Crippen LogP contribution in [0.4, 0.5) is 0 Å². The van der Waals surface area contributed by atoms with Gasteiger partial charge in [-0.05, 0) is 40.4 Å². The topological polar surface area (TPSA) is 67.4 Å². The molecule has 0 atom stereocenters. The molecular formula is C9H6ClN5S. The normalized spacial score (nSPS) is 10.1. The molecule has 1 aromatic carbocycles. The molecule has 0 saturated carbocycles. The summed E-state index contributed by atoms with van der Waals surface area (Å²) in [7, 11) is 1.74. The van der Waals surface area contributed by atoms with Crippen LogP contribution >= 0.6 is 23.4 Å². The largest absolute Gasteiger partial charge is 0.223 e. The van der Waals surface area contributed by atoms with Crippen LogP contribution in [-0.4, -0.2) is 20.2 Å². The molecule has 2 aromatic rings. The predicted octanol–water partition coefficient (Wildman–Crippen LogP) is 1.89. The number of tetrazole rings is 1. The molecule has 1 heterocycles. The fourth-order valence-corrected chi connectivity index (χ4v) is 2.05. The molecule has 80 valence electrons. The highest BCUT2D eigenvalue weighted by atomic mass is 35.5. The first-order valence-corrected chi connectivity index (χ1v) is 5.50. The van der Waals surface area contributed by atoms with Crippen molar-refractivity contribution in [3.63, 3.8) is 0 Å². The maximum atomic E-state index is 8.96. The van der Waals surface area contributed by atoms with Crippen molar-refractivity contribution in [3.8, 4) is 6.07 Å². The van der Waals surface area contributed by atoms with Crippen molar-refractivity contribution >= 4 is 23.4 Å². The Labute approximate surface area is 101 Å². The van der Waals surface area contributed by atoms with Crippen LogP contribution in [0.1, 0.15) is 5.56 Å². The minimum Gasteiger partial charge on any atom is -0.223 e. The highest BCUT2D eigenvalue weighted by Gasteiger charge is 2.09. The molecule has 0 spiro atoms. The van der Waals surface area contributed by atoms with Crippen molar-refractivity contribution in [3.05, 3.63) is 28.8 Å². The molecule has 16 heavy (non-hydrogen) atoms. The van der Waals surface area contributed by atoms with E-state index >= 15 is 0 Å². The second-order valence-electron chi connectivity index (χ2n) is 2.94. The predicted molar refractivity (Wildman–Crippen MR) is 59.1 cm³/mol. The van der Waals surface area contributed by atoms with Gasteiger partial charge in [-0.2, -0.15) is 5.26 Å². The lowest BCUT2D eigenvalue weighted by Gasteiger charge is -2.02. The van der Waals surface area contributed by atoms with E-state index in [-0.39, 0.29) is 0 Å². The Morgan fingerprint density at radius 2 is 2.31 bits per heavy atom. The Hall–Kier alpha value is -1.58. The minimum atomic E-state index is 0.514. The lowest BCUT2D eigenvalue weighted by molar-refractivity contribution is 0.664. The number of nitriles is 1. The third-order valence-electron chi connectivity index (χ3n) is 1.84. The average molecular weight is 252 g/mol. The Morgan fingerprint density at radius 3 is 2.94 bits per heavy atom. The first-order valence-electron chi connectivity index (χ1n) is 4.30. The second-order valence-corrected chi connectivity index (χ2v) is 4.38. The fourth-order valence-electron chi connectivity index (χ4n) is 1.08. The van der Waals surface area contributed by atoms with Crippen molar-refractivity contribution in [2.24, 2.45) is 7.05 Å². The van der Waals surface area contributed by atoms with Crippen LogP contribution in [0, 0.1) is 11.3 Å². The molecule has 1 aromatic heterocycles. The van der Waals surface area contributed by atoms with E-state index in [1.54, 1.807) is 29.9 Å². The van der Waals surface area contributed by atoms with E-state index in [0.29, 0.717) is 15.7 Å². The quantitative estimate of drug-likeness (QED) is 0.815. The summed E-state index contributed by atoms with van der Waals surface area (Å²) in [5, 5.41) is 21.2. The summed E-state index contributed by atoms with van der Waals surface area (Å²) in [5.74, 6) is 0. The molecule has 0 saturated heterocycles. The van der Waals surface area contributed by atoms with E-state index in [0.717, 1.165) is 4.90 Å². The van der Waals surface area contributed by atoms with Crippen molar-refractivity contribution in [1.29, 1.82) is 5.26 Å².